The van der Waals surface area contributed by atoms with Crippen molar-refractivity contribution in [2.75, 3.05) is 23.7 Å². The first kappa shape index (κ1) is 13.9. The second-order valence-corrected chi connectivity index (χ2v) is 5.11. The molecule has 1 atom stereocenters. The van der Waals surface area contributed by atoms with Crippen LogP contribution in [0.5, 0.6) is 0 Å². The molecule has 3 N–H and O–H groups in total. The second kappa shape index (κ2) is 6.57. The third-order valence-corrected chi connectivity index (χ3v) is 3.54. The highest BCUT2D eigenvalue weighted by Gasteiger charge is 2.13. The van der Waals surface area contributed by atoms with Crippen molar-refractivity contribution in [2.45, 2.75) is 39.2 Å². The lowest BCUT2D eigenvalue weighted by Gasteiger charge is -2.15. The van der Waals surface area contributed by atoms with Crippen molar-refractivity contribution in [3.63, 3.8) is 0 Å². The number of hydrogen-bond acceptors (Lipinski definition) is 3. The number of benzene rings is 1. The van der Waals surface area contributed by atoms with Crippen molar-refractivity contribution in [2.24, 2.45) is 0 Å². The number of carbonyl (C=O) groups excluding carboxylic acids is 1. The van der Waals surface area contributed by atoms with Crippen LogP contribution in [0.4, 0.5) is 11.4 Å². The van der Waals surface area contributed by atoms with Crippen LogP contribution in [-0.4, -0.2) is 25.0 Å². The molecule has 0 spiro atoms. The average molecular weight is 261 g/mol. The summed E-state index contributed by atoms with van der Waals surface area (Å²) in [4.78, 5) is 11.4. The van der Waals surface area contributed by atoms with Crippen LogP contribution in [0.15, 0.2) is 18.2 Å². The Labute approximate surface area is 115 Å². The Kier molecular flexibility index (Phi) is 4.80. The number of carbonyl (C=O) groups is 1. The van der Waals surface area contributed by atoms with Crippen LogP contribution < -0.4 is 16.0 Å². The number of hydrogen-bond donors (Lipinski definition) is 3. The van der Waals surface area contributed by atoms with E-state index in [0.717, 1.165) is 24.5 Å². The molecule has 1 aromatic carbocycles. The first-order valence-corrected chi connectivity index (χ1v) is 7.07. The Bertz CT molecular complexity index is 439. The van der Waals surface area contributed by atoms with E-state index in [0.29, 0.717) is 12.5 Å². The van der Waals surface area contributed by atoms with E-state index in [1.54, 1.807) is 0 Å². The minimum Gasteiger partial charge on any atom is -0.383 e. The third kappa shape index (κ3) is 3.96. The molecule has 0 aliphatic carbocycles. The molecule has 1 saturated heterocycles. The lowest BCUT2D eigenvalue weighted by Crippen LogP contribution is -2.29. The Balaban J connectivity index is 1.97. The number of nitrogens with one attached hydrogen (secondary N) is 3. The molecule has 1 unspecified atom stereocenters. The van der Waals surface area contributed by atoms with Gasteiger partial charge in [-0.15, -0.1) is 0 Å². The predicted octanol–water partition coefficient (Wildman–Crippen LogP) is 2.51. The van der Waals surface area contributed by atoms with Gasteiger partial charge >= 0.3 is 0 Å². The Morgan fingerprint density at radius 2 is 2.32 bits per heavy atom. The zero-order valence-electron chi connectivity index (χ0n) is 11.8. The number of anilines is 2. The molecular formula is C15H23N3O. The van der Waals surface area contributed by atoms with E-state index in [1.807, 2.05) is 25.1 Å². The summed E-state index contributed by atoms with van der Waals surface area (Å²) in [6.07, 6.45) is 3.00. The predicted molar refractivity (Wildman–Crippen MR) is 79.6 cm³/mol. The summed E-state index contributed by atoms with van der Waals surface area (Å²) in [7, 11) is 0. The van der Waals surface area contributed by atoms with E-state index in [4.69, 9.17) is 0 Å². The highest BCUT2D eigenvalue weighted by Crippen LogP contribution is 2.21. The van der Waals surface area contributed by atoms with Gasteiger partial charge in [-0.2, -0.15) is 0 Å². The highest BCUT2D eigenvalue weighted by atomic mass is 16.1. The summed E-state index contributed by atoms with van der Waals surface area (Å²) < 4.78 is 0. The van der Waals surface area contributed by atoms with Gasteiger partial charge in [-0.05, 0) is 44.0 Å². The van der Waals surface area contributed by atoms with Crippen LogP contribution in [0.25, 0.3) is 0 Å². The maximum absolute atomic E-state index is 11.4. The van der Waals surface area contributed by atoms with Gasteiger partial charge in [0.1, 0.15) is 0 Å². The van der Waals surface area contributed by atoms with E-state index in [-0.39, 0.29) is 5.91 Å². The summed E-state index contributed by atoms with van der Waals surface area (Å²) in [5, 5.41) is 9.84. The molecule has 1 heterocycles. The topological polar surface area (TPSA) is 53.2 Å². The molecule has 4 heteroatoms. The van der Waals surface area contributed by atoms with E-state index in [1.165, 1.54) is 18.4 Å². The first-order valence-electron chi connectivity index (χ1n) is 7.07. The molecule has 19 heavy (non-hydrogen) atoms. The van der Waals surface area contributed by atoms with E-state index in [2.05, 4.69) is 22.9 Å². The molecule has 1 amide bonds. The zero-order valence-corrected chi connectivity index (χ0v) is 11.8. The van der Waals surface area contributed by atoms with Crippen LogP contribution in [0.3, 0.4) is 0 Å². The molecule has 1 aliphatic heterocycles. The Morgan fingerprint density at radius 3 is 3.00 bits per heavy atom. The fourth-order valence-corrected chi connectivity index (χ4v) is 2.30. The monoisotopic (exact) mass is 261 g/mol. The van der Waals surface area contributed by atoms with Crippen molar-refractivity contribution in [1.82, 2.24) is 5.32 Å². The summed E-state index contributed by atoms with van der Waals surface area (Å²) in [5.74, 6) is 0.0484. The number of rotatable bonds is 5. The van der Waals surface area contributed by atoms with Crippen molar-refractivity contribution in [3.8, 4) is 0 Å². The normalized spacial score (nSPS) is 18.3. The van der Waals surface area contributed by atoms with Crippen LogP contribution in [0.1, 0.15) is 31.7 Å². The summed E-state index contributed by atoms with van der Waals surface area (Å²) in [6.45, 7) is 5.99. The molecule has 2 rings (SSSR count). The molecule has 1 fully saturated rings. The lowest BCUT2D eigenvalue weighted by atomic mass is 10.1. The fourth-order valence-electron chi connectivity index (χ4n) is 2.30. The van der Waals surface area contributed by atoms with E-state index < -0.39 is 0 Å². The highest BCUT2D eigenvalue weighted by molar-refractivity contribution is 5.91. The van der Waals surface area contributed by atoms with E-state index in [9.17, 15) is 4.79 Å². The summed E-state index contributed by atoms with van der Waals surface area (Å²) in [6, 6.07) is 6.56. The Morgan fingerprint density at radius 1 is 1.47 bits per heavy atom. The van der Waals surface area contributed by atoms with Crippen molar-refractivity contribution in [3.05, 3.63) is 23.8 Å². The van der Waals surface area contributed by atoms with E-state index >= 15 is 0 Å². The third-order valence-electron chi connectivity index (χ3n) is 3.54. The molecule has 0 radical (unpaired) electrons. The molecule has 104 valence electrons. The van der Waals surface area contributed by atoms with Gasteiger partial charge < -0.3 is 16.0 Å². The average Bonchev–Trinajstić information content (AvgIpc) is 2.92. The van der Waals surface area contributed by atoms with Crippen LogP contribution in [-0.2, 0) is 4.79 Å². The second-order valence-electron chi connectivity index (χ2n) is 5.11. The molecule has 0 saturated carbocycles. The summed E-state index contributed by atoms with van der Waals surface area (Å²) in [5.41, 5.74) is 3.16. The molecule has 4 nitrogen and oxygen atoms in total. The van der Waals surface area contributed by atoms with Crippen molar-refractivity contribution < 1.29 is 4.79 Å². The first-order chi connectivity index (χ1) is 9.19. The number of amides is 1. The van der Waals surface area contributed by atoms with Gasteiger partial charge in [0.25, 0.3) is 0 Å². The van der Waals surface area contributed by atoms with Gasteiger partial charge in [-0.3, -0.25) is 4.79 Å². The molecule has 1 aromatic rings. The van der Waals surface area contributed by atoms with Crippen LogP contribution in [0.2, 0.25) is 0 Å². The standard InChI is InChI=1S/C15H23N3O/c1-3-15(19)18-12-7-6-11(2)14(9-12)17-10-13-5-4-8-16-13/h6-7,9,13,16-17H,3-5,8,10H2,1-2H3,(H,18,19). The van der Waals surface area contributed by atoms with Gasteiger partial charge in [-0.25, -0.2) is 0 Å². The minimum absolute atomic E-state index is 0.0484. The molecule has 0 bridgehead atoms. The van der Waals surface area contributed by atoms with Crippen molar-refractivity contribution in [1.29, 1.82) is 0 Å². The smallest absolute Gasteiger partial charge is 0.224 e. The van der Waals surface area contributed by atoms with Gasteiger partial charge in [0.05, 0.1) is 0 Å². The summed E-state index contributed by atoms with van der Waals surface area (Å²) >= 11 is 0. The zero-order chi connectivity index (χ0) is 13.7. The number of aryl methyl sites for hydroxylation is 1. The molecule has 1 aliphatic rings. The maximum Gasteiger partial charge on any atom is 0.224 e. The lowest BCUT2D eigenvalue weighted by molar-refractivity contribution is -0.115. The molecule has 0 aromatic heterocycles. The van der Waals surface area contributed by atoms with Gasteiger partial charge in [0, 0.05) is 30.4 Å². The largest absolute Gasteiger partial charge is 0.383 e. The van der Waals surface area contributed by atoms with Crippen molar-refractivity contribution >= 4 is 17.3 Å². The fraction of sp³-hybridized carbons (Fsp3) is 0.533. The quantitative estimate of drug-likeness (QED) is 0.763. The molecular weight excluding hydrogens is 238 g/mol. The van der Waals surface area contributed by atoms with Crippen LogP contribution >= 0.6 is 0 Å². The SMILES string of the molecule is CCC(=O)Nc1ccc(C)c(NCC2CCCN2)c1. The Hall–Kier alpha value is -1.55. The maximum atomic E-state index is 11.4. The van der Waals surface area contributed by atoms with Gasteiger partial charge in [0.15, 0.2) is 0 Å². The van der Waals surface area contributed by atoms with Crippen LogP contribution in [0, 0.1) is 6.92 Å². The van der Waals surface area contributed by atoms with Gasteiger partial charge in [0.2, 0.25) is 5.91 Å². The minimum atomic E-state index is 0.0484. The van der Waals surface area contributed by atoms with Gasteiger partial charge in [-0.1, -0.05) is 13.0 Å².